The SMILES string of the molecule is Cc1cccc(/C=C/C(=O)Oc2ccc3[nH]c4ccccc4c3c2)c1. The van der Waals surface area contributed by atoms with Crippen LogP contribution in [0.15, 0.2) is 72.8 Å². The number of carbonyl (C=O) groups excluding carboxylic acids is 1. The van der Waals surface area contributed by atoms with E-state index in [-0.39, 0.29) is 5.97 Å². The molecule has 4 aromatic rings. The third-order valence-electron chi connectivity index (χ3n) is 4.15. The van der Waals surface area contributed by atoms with Crippen LogP contribution in [0, 0.1) is 6.92 Å². The van der Waals surface area contributed by atoms with Crippen molar-refractivity contribution in [3.05, 3.63) is 83.9 Å². The molecule has 3 nitrogen and oxygen atoms in total. The van der Waals surface area contributed by atoms with E-state index in [1.165, 1.54) is 6.08 Å². The number of para-hydroxylation sites is 1. The Labute approximate surface area is 145 Å². The Morgan fingerprint density at radius 3 is 2.64 bits per heavy atom. The fourth-order valence-corrected chi connectivity index (χ4v) is 2.98. The lowest BCUT2D eigenvalue weighted by atomic mass is 10.1. The van der Waals surface area contributed by atoms with E-state index < -0.39 is 0 Å². The normalized spacial score (nSPS) is 11.4. The Morgan fingerprint density at radius 1 is 0.920 bits per heavy atom. The molecule has 3 heteroatoms. The van der Waals surface area contributed by atoms with E-state index in [1.54, 1.807) is 12.1 Å². The smallest absolute Gasteiger partial charge is 0.336 e. The van der Waals surface area contributed by atoms with Gasteiger partial charge in [0.1, 0.15) is 5.75 Å². The summed E-state index contributed by atoms with van der Waals surface area (Å²) in [5, 5.41) is 2.16. The lowest BCUT2D eigenvalue weighted by Crippen LogP contribution is -2.03. The number of rotatable bonds is 3. The highest BCUT2D eigenvalue weighted by atomic mass is 16.5. The van der Waals surface area contributed by atoms with Crippen molar-refractivity contribution in [1.29, 1.82) is 0 Å². The van der Waals surface area contributed by atoms with Crippen molar-refractivity contribution in [3.8, 4) is 5.75 Å². The number of benzene rings is 3. The molecule has 0 aliphatic heterocycles. The molecule has 122 valence electrons. The average Bonchev–Trinajstić information content (AvgIpc) is 2.98. The van der Waals surface area contributed by atoms with Crippen LogP contribution in [0.3, 0.4) is 0 Å². The molecule has 0 fully saturated rings. The van der Waals surface area contributed by atoms with Gasteiger partial charge < -0.3 is 9.72 Å². The number of aryl methyl sites for hydroxylation is 1. The Hall–Kier alpha value is -3.33. The second kappa shape index (κ2) is 6.29. The summed E-state index contributed by atoms with van der Waals surface area (Å²) in [4.78, 5) is 15.4. The Bertz CT molecular complexity index is 1110. The second-order valence-electron chi connectivity index (χ2n) is 6.05. The van der Waals surface area contributed by atoms with Gasteiger partial charge in [0.15, 0.2) is 0 Å². The molecule has 0 saturated heterocycles. The maximum absolute atomic E-state index is 12.1. The molecular weight excluding hydrogens is 310 g/mol. The lowest BCUT2D eigenvalue weighted by Gasteiger charge is -2.02. The summed E-state index contributed by atoms with van der Waals surface area (Å²) in [5.41, 5.74) is 4.22. The fourth-order valence-electron chi connectivity index (χ4n) is 2.98. The zero-order chi connectivity index (χ0) is 17.2. The lowest BCUT2D eigenvalue weighted by molar-refractivity contribution is -0.128. The van der Waals surface area contributed by atoms with E-state index in [9.17, 15) is 4.79 Å². The maximum Gasteiger partial charge on any atom is 0.336 e. The van der Waals surface area contributed by atoms with E-state index in [4.69, 9.17) is 4.74 Å². The number of ether oxygens (including phenoxy) is 1. The first-order chi connectivity index (χ1) is 12.2. The summed E-state index contributed by atoms with van der Waals surface area (Å²) >= 11 is 0. The molecule has 0 aliphatic carbocycles. The Balaban J connectivity index is 1.57. The number of carbonyl (C=O) groups is 1. The predicted molar refractivity (Wildman–Crippen MR) is 102 cm³/mol. The zero-order valence-electron chi connectivity index (χ0n) is 13.8. The van der Waals surface area contributed by atoms with Gasteiger partial charge in [-0.1, -0.05) is 48.0 Å². The number of hydrogen-bond donors (Lipinski definition) is 1. The first-order valence-corrected chi connectivity index (χ1v) is 8.16. The van der Waals surface area contributed by atoms with Crippen LogP contribution < -0.4 is 4.74 Å². The molecule has 0 amide bonds. The number of aromatic amines is 1. The van der Waals surface area contributed by atoms with Crippen LogP contribution in [0.1, 0.15) is 11.1 Å². The number of aromatic nitrogens is 1. The van der Waals surface area contributed by atoms with Gasteiger partial charge in [-0.15, -0.1) is 0 Å². The van der Waals surface area contributed by atoms with Crippen LogP contribution in [-0.4, -0.2) is 11.0 Å². The van der Waals surface area contributed by atoms with Gasteiger partial charge in [-0.3, -0.25) is 0 Å². The molecule has 0 aliphatic rings. The van der Waals surface area contributed by atoms with Crippen molar-refractivity contribution in [2.24, 2.45) is 0 Å². The first-order valence-electron chi connectivity index (χ1n) is 8.16. The largest absolute Gasteiger partial charge is 0.423 e. The van der Waals surface area contributed by atoms with Gasteiger partial charge >= 0.3 is 5.97 Å². The fraction of sp³-hybridized carbons (Fsp3) is 0.0455. The molecule has 4 rings (SSSR count). The standard InChI is InChI=1S/C22H17NO2/c1-15-5-4-6-16(13-15)9-12-22(24)25-17-10-11-21-19(14-17)18-7-2-3-8-20(18)23-21/h2-14,23H,1H3/b12-9+. The quantitative estimate of drug-likeness (QED) is 0.317. The van der Waals surface area contributed by atoms with Gasteiger partial charge in [0.05, 0.1) is 0 Å². The molecule has 1 heterocycles. The molecule has 25 heavy (non-hydrogen) atoms. The molecule has 0 radical (unpaired) electrons. The Morgan fingerprint density at radius 2 is 1.76 bits per heavy atom. The van der Waals surface area contributed by atoms with Crippen LogP contribution in [0.5, 0.6) is 5.75 Å². The van der Waals surface area contributed by atoms with Gasteiger partial charge in [-0.05, 0) is 42.8 Å². The maximum atomic E-state index is 12.1. The number of nitrogens with one attached hydrogen (secondary N) is 1. The summed E-state index contributed by atoms with van der Waals surface area (Å²) in [5.74, 6) is 0.150. The molecule has 0 atom stereocenters. The third-order valence-corrected chi connectivity index (χ3v) is 4.15. The van der Waals surface area contributed by atoms with Crippen LogP contribution in [0.2, 0.25) is 0 Å². The molecule has 0 saturated carbocycles. The van der Waals surface area contributed by atoms with Crippen LogP contribution >= 0.6 is 0 Å². The minimum Gasteiger partial charge on any atom is -0.423 e. The predicted octanol–water partition coefficient (Wildman–Crippen LogP) is 5.25. The number of H-pyrrole nitrogens is 1. The second-order valence-corrected chi connectivity index (χ2v) is 6.05. The molecule has 1 N–H and O–H groups in total. The van der Waals surface area contributed by atoms with Gasteiger partial charge in [0.2, 0.25) is 0 Å². The highest BCUT2D eigenvalue weighted by Crippen LogP contribution is 2.28. The van der Waals surface area contributed by atoms with E-state index >= 15 is 0 Å². The van der Waals surface area contributed by atoms with Crippen molar-refractivity contribution in [1.82, 2.24) is 4.98 Å². The minimum atomic E-state index is -0.388. The molecule has 3 aromatic carbocycles. The van der Waals surface area contributed by atoms with Crippen molar-refractivity contribution in [3.63, 3.8) is 0 Å². The first kappa shape index (κ1) is 15.2. The third kappa shape index (κ3) is 3.17. The molecule has 1 aromatic heterocycles. The summed E-state index contributed by atoms with van der Waals surface area (Å²) in [6, 6.07) is 21.7. The summed E-state index contributed by atoms with van der Waals surface area (Å²) in [6.45, 7) is 2.02. The summed E-state index contributed by atoms with van der Waals surface area (Å²) in [6.07, 6.45) is 3.22. The van der Waals surface area contributed by atoms with E-state index in [2.05, 4.69) is 11.1 Å². The molecule has 0 spiro atoms. The number of fused-ring (bicyclic) bond motifs is 3. The van der Waals surface area contributed by atoms with E-state index in [0.717, 1.165) is 32.9 Å². The van der Waals surface area contributed by atoms with Gasteiger partial charge in [-0.25, -0.2) is 4.79 Å². The van der Waals surface area contributed by atoms with Crippen molar-refractivity contribution < 1.29 is 9.53 Å². The summed E-state index contributed by atoms with van der Waals surface area (Å²) in [7, 11) is 0. The number of hydrogen-bond acceptors (Lipinski definition) is 2. The minimum absolute atomic E-state index is 0.388. The topological polar surface area (TPSA) is 42.1 Å². The molecule has 0 unspecified atom stereocenters. The van der Waals surface area contributed by atoms with Crippen molar-refractivity contribution in [2.75, 3.05) is 0 Å². The van der Waals surface area contributed by atoms with Crippen molar-refractivity contribution in [2.45, 2.75) is 6.92 Å². The highest BCUT2D eigenvalue weighted by molar-refractivity contribution is 6.07. The van der Waals surface area contributed by atoms with Crippen LogP contribution in [0.25, 0.3) is 27.9 Å². The average molecular weight is 327 g/mol. The van der Waals surface area contributed by atoms with Crippen molar-refractivity contribution >= 4 is 33.9 Å². The van der Waals surface area contributed by atoms with Gasteiger partial charge in [0, 0.05) is 27.9 Å². The monoisotopic (exact) mass is 327 g/mol. The Kier molecular flexibility index (Phi) is 3.82. The summed E-state index contributed by atoms with van der Waals surface area (Å²) < 4.78 is 5.45. The zero-order valence-corrected chi connectivity index (χ0v) is 13.8. The highest BCUT2D eigenvalue weighted by Gasteiger charge is 2.07. The van der Waals surface area contributed by atoms with Crippen LogP contribution in [0.4, 0.5) is 0 Å². The van der Waals surface area contributed by atoms with Gasteiger partial charge in [-0.2, -0.15) is 0 Å². The van der Waals surface area contributed by atoms with E-state index in [1.807, 2.05) is 61.5 Å². The molecule has 0 bridgehead atoms. The van der Waals surface area contributed by atoms with Gasteiger partial charge in [0.25, 0.3) is 0 Å². The van der Waals surface area contributed by atoms with E-state index in [0.29, 0.717) is 5.75 Å². The van der Waals surface area contributed by atoms with Crippen LogP contribution in [-0.2, 0) is 4.79 Å². The number of esters is 1. The molecular formula is C22H17NO2.